The highest BCUT2D eigenvalue weighted by molar-refractivity contribution is 5.30. The molecule has 1 aliphatic heterocycles. The Balaban J connectivity index is 1.85. The summed E-state index contributed by atoms with van der Waals surface area (Å²) in [7, 11) is 0. The van der Waals surface area contributed by atoms with Crippen LogP contribution in [0, 0.1) is 25.6 Å². The Kier molecular flexibility index (Phi) is 5.77. The minimum absolute atomic E-state index is 0.0706. The second kappa shape index (κ2) is 7.37. The van der Waals surface area contributed by atoms with Crippen LogP contribution >= 0.6 is 0 Å². The number of nitrogens with zero attached hydrogens (tertiary/aromatic N) is 1. The minimum atomic E-state index is -0.0706. The predicted molar refractivity (Wildman–Crippen MR) is 87.0 cm³/mol. The van der Waals surface area contributed by atoms with Crippen molar-refractivity contribution in [2.75, 3.05) is 19.6 Å². The Morgan fingerprint density at radius 3 is 2.33 bits per heavy atom. The van der Waals surface area contributed by atoms with Crippen LogP contribution in [0.1, 0.15) is 43.4 Å². The normalized spacial score (nSPS) is 18.9. The number of benzene rings is 1. The monoisotopic (exact) mass is 292 g/mol. The third kappa shape index (κ3) is 4.27. The molecule has 1 aliphatic rings. The second-order valence-corrected chi connectivity index (χ2v) is 6.48. The molecule has 1 fully saturated rings. The van der Waals surface area contributed by atoms with Gasteiger partial charge in [0.2, 0.25) is 0 Å². The maximum absolute atomic E-state index is 13.6. The first-order valence-electron chi connectivity index (χ1n) is 8.22. The molecule has 1 aromatic carbocycles. The van der Waals surface area contributed by atoms with Crippen LogP contribution in [-0.2, 0) is 6.54 Å². The molecule has 1 atom stereocenters. The quantitative estimate of drug-likeness (QED) is 0.891. The third-order valence-electron chi connectivity index (χ3n) is 4.91. The van der Waals surface area contributed by atoms with Gasteiger partial charge >= 0.3 is 0 Å². The molecule has 3 heteroatoms. The van der Waals surface area contributed by atoms with Crippen molar-refractivity contribution in [2.24, 2.45) is 5.92 Å². The molecule has 1 unspecified atom stereocenters. The summed E-state index contributed by atoms with van der Waals surface area (Å²) >= 11 is 0. The van der Waals surface area contributed by atoms with E-state index in [1.54, 1.807) is 0 Å². The van der Waals surface area contributed by atoms with E-state index in [2.05, 4.69) is 24.1 Å². The molecule has 1 N–H and O–H groups in total. The van der Waals surface area contributed by atoms with Crippen molar-refractivity contribution >= 4 is 0 Å². The first-order chi connectivity index (χ1) is 10.0. The molecule has 118 valence electrons. The lowest BCUT2D eigenvalue weighted by Gasteiger charge is -2.34. The van der Waals surface area contributed by atoms with Gasteiger partial charge in [-0.2, -0.15) is 0 Å². The van der Waals surface area contributed by atoms with Gasteiger partial charge in [-0.1, -0.05) is 19.1 Å². The van der Waals surface area contributed by atoms with Crippen LogP contribution in [0.5, 0.6) is 0 Å². The first-order valence-corrected chi connectivity index (χ1v) is 8.22. The fourth-order valence-electron chi connectivity index (χ4n) is 3.35. The van der Waals surface area contributed by atoms with Crippen LogP contribution in [0.2, 0.25) is 0 Å². The highest BCUT2D eigenvalue weighted by Gasteiger charge is 2.22. The summed E-state index contributed by atoms with van der Waals surface area (Å²) in [4.78, 5) is 2.52. The van der Waals surface area contributed by atoms with Crippen molar-refractivity contribution in [1.82, 2.24) is 10.2 Å². The van der Waals surface area contributed by atoms with Crippen molar-refractivity contribution in [3.05, 3.63) is 34.6 Å². The number of piperidine rings is 1. The third-order valence-corrected chi connectivity index (χ3v) is 4.91. The van der Waals surface area contributed by atoms with Crippen LogP contribution in [-0.4, -0.2) is 30.6 Å². The van der Waals surface area contributed by atoms with Crippen LogP contribution in [0.4, 0.5) is 4.39 Å². The van der Waals surface area contributed by atoms with E-state index >= 15 is 0 Å². The van der Waals surface area contributed by atoms with E-state index in [1.807, 2.05) is 26.0 Å². The van der Waals surface area contributed by atoms with Gasteiger partial charge in [-0.25, -0.2) is 4.39 Å². The summed E-state index contributed by atoms with van der Waals surface area (Å²) in [5.41, 5.74) is 2.68. The topological polar surface area (TPSA) is 15.3 Å². The lowest BCUT2D eigenvalue weighted by molar-refractivity contribution is 0.168. The summed E-state index contributed by atoms with van der Waals surface area (Å²) < 4.78 is 13.6. The zero-order valence-electron chi connectivity index (χ0n) is 13.9. The minimum Gasteiger partial charge on any atom is -0.310 e. The van der Waals surface area contributed by atoms with Crippen molar-refractivity contribution in [1.29, 1.82) is 0 Å². The van der Waals surface area contributed by atoms with Gasteiger partial charge in [0.25, 0.3) is 0 Å². The standard InChI is InChI=1S/C18H29FN2/c1-5-21-8-6-17(7-9-21)15(4)20-12-16-10-13(2)18(19)14(3)11-16/h10-11,15,17,20H,5-9,12H2,1-4H3. The number of likely N-dealkylation sites (tertiary alicyclic amines) is 1. The largest absolute Gasteiger partial charge is 0.310 e. The SMILES string of the molecule is CCN1CCC(C(C)NCc2cc(C)c(F)c(C)c2)CC1. The van der Waals surface area contributed by atoms with E-state index in [0.717, 1.165) is 23.6 Å². The zero-order chi connectivity index (χ0) is 15.4. The van der Waals surface area contributed by atoms with E-state index in [1.165, 1.54) is 38.0 Å². The van der Waals surface area contributed by atoms with E-state index < -0.39 is 0 Å². The Morgan fingerprint density at radius 2 is 1.81 bits per heavy atom. The van der Waals surface area contributed by atoms with Gasteiger partial charge in [0.05, 0.1) is 0 Å². The number of halogens is 1. The first kappa shape index (κ1) is 16.4. The molecule has 0 amide bonds. The van der Waals surface area contributed by atoms with Crippen LogP contribution in [0.3, 0.4) is 0 Å². The summed E-state index contributed by atoms with van der Waals surface area (Å²) in [6, 6.07) is 4.44. The molecule has 0 bridgehead atoms. The Morgan fingerprint density at radius 1 is 1.24 bits per heavy atom. The van der Waals surface area contributed by atoms with Crippen molar-refractivity contribution in [3.8, 4) is 0 Å². The Labute approximate surface area is 128 Å². The van der Waals surface area contributed by atoms with Crippen LogP contribution in [0.25, 0.3) is 0 Å². The highest BCUT2D eigenvalue weighted by Crippen LogP contribution is 2.21. The van der Waals surface area contributed by atoms with Gasteiger partial charge in [0.1, 0.15) is 5.82 Å². The van der Waals surface area contributed by atoms with E-state index in [4.69, 9.17) is 0 Å². The Hall–Kier alpha value is -0.930. The number of aryl methyl sites for hydroxylation is 2. The van der Waals surface area contributed by atoms with Gasteiger partial charge in [-0.05, 0) is 75.9 Å². The predicted octanol–water partition coefficient (Wildman–Crippen LogP) is 3.65. The molecule has 0 radical (unpaired) electrons. The molecule has 0 spiro atoms. The summed E-state index contributed by atoms with van der Waals surface area (Å²) in [5.74, 6) is 0.689. The Bertz CT molecular complexity index is 441. The maximum Gasteiger partial charge on any atom is 0.129 e. The summed E-state index contributed by atoms with van der Waals surface area (Å²) in [5, 5.41) is 3.63. The highest BCUT2D eigenvalue weighted by atomic mass is 19.1. The fourth-order valence-corrected chi connectivity index (χ4v) is 3.35. The van der Waals surface area contributed by atoms with Gasteiger partial charge in [-0.15, -0.1) is 0 Å². The molecule has 1 aromatic rings. The van der Waals surface area contributed by atoms with Crippen LogP contribution < -0.4 is 5.32 Å². The number of rotatable bonds is 5. The molecule has 0 saturated carbocycles. The second-order valence-electron chi connectivity index (χ2n) is 6.48. The smallest absolute Gasteiger partial charge is 0.129 e. The molecule has 1 heterocycles. The number of hydrogen-bond donors (Lipinski definition) is 1. The molecule has 1 saturated heterocycles. The average molecular weight is 292 g/mol. The van der Waals surface area contributed by atoms with Crippen molar-refractivity contribution in [3.63, 3.8) is 0 Å². The zero-order valence-corrected chi connectivity index (χ0v) is 13.9. The molecule has 0 aliphatic carbocycles. The van der Waals surface area contributed by atoms with Gasteiger partial charge in [0.15, 0.2) is 0 Å². The average Bonchev–Trinajstić information content (AvgIpc) is 2.50. The van der Waals surface area contributed by atoms with Crippen LogP contribution in [0.15, 0.2) is 12.1 Å². The van der Waals surface area contributed by atoms with Gasteiger partial charge < -0.3 is 10.2 Å². The lowest BCUT2D eigenvalue weighted by Crippen LogP contribution is -2.41. The van der Waals surface area contributed by atoms with Crippen molar-refractivity contribution in [2.45, 2.75) is 53.1 Å². The molecule has 21 heavy (non-hydrogen) atoms. The van der Waals surface area contributed by atoms with E-state index in [9.17, 15) is 4.39 Å². The lowest BCUT2D eigenvalue weighted by atomic mass is 9.90. The van der Waals surface area contributed by atoms with Gasteiger partial charge in [0, 0.05) is 12.6 Å². The van der Waals surface area contributed by atoms with E-state index in [-0.39, 0.29) is 5.82 Å². The molecule has 2 nitrogen and oxygen atoms in total. The molecule has 2 rings (SSSR count). The summed E-state index contributed by atoms with van der Waals surface area (Å²) in [6.45, 7) is 12.7. The van der Waals surface area contributed by atoms with Crippen molar-refractivity contribution < 1.29 is 4.39 Å². The molecular weight excluding hydrogens is 263 g/mol. The summed E-state index contributed by atoms with van der Waals surface area (Å²) in [6.07, 6.45) is 2.56. The molecular formula is C18H29FN2. The van der Waals surface area contributed by atoms with Gasteiger partial charge in [-0.3, -0.25) is 0 Å². The number of nitrogens with one attached hydrogen (secondary N) is 1. The fraction of sp³-hybridized carbons (Fsp3) is 0.667. The maximum atomic E-state index is 13.6. The number of hydrogen-bond acceptors (Lipinski definition) is 2. The molecule has 0 aromatic heterocycles. The van der Waals surface area contributed by atoms with E-state index in [0.29, 0.717) is 6.04 Å².